The molecule has 5 heteroatoms. The van der Waals surface area contributed by atoms with E-state index >= 15 is 0 Å². The topological polar surface area (TPSA) is 47.3 Å². The van der Waals surface area contributed by atoms with Crippen LogP contribution in [0.1, 0.15) is 10.4 Å². The van der Waals surface area contributed by atoms with Crippen molar-refractivity contribution in [3.63, 3.8) is 0 Å². The van der Waals surface area contributed by atoms with Crippen molar-refractivity contribution in [1.82, 2.24) is 14.6 Å². The van der Waals surface area contributed by atoms with Gasteiger partial charge in [-0.2, -0.15) is 0 Å². The van der Waals surface area contributed by atoms with Gasteiger partial charge in [-0.3, -0.25) is 9.20 Å². The van der Waals surface area contributed by atoms with Gasteiger partial charge in [0.25, 0.3) is 0 Å². The van der Waals surface area contributed by atoms with Gasteiger partial charge in [-0.05, 0) is 24.3 Å². The average molecular weight is 241 g/mol. The summed E-state index contributed by atoms with van der Waals surface area (Å²) >= 11 is 0. The third-order valence-corrected chi connectivity index (χ3v) is 2.71. The first-order chi connectivity index (χ1) is 8.81. The third kappa shape index (κ3) is 1.48. The smallest absolute Gasteiger partial charge is 0.171 e. The van der Waals surface area contributed by atoms with Crippen LogP contribution >= 0.6 is 0 Å². The second kappa shape index (κ2) is 4.03. The van der Waals surface area contributed by atoms with Gasteiger partial charge in [0.05, 0.1) is 11.1 Å². The van der Waals surface area contributed by atoms with Crippen LogP contribution in [0, 0.1) is 5.82 Å². The summed E-state index contributed by atoms with van der Waals surface area (Å²) in [6.45, 7) is 0. The molecule has 0 fully saturated rings. The van der Waals surface area contributed by atoms with Crippen molar-refractivity contribution >= 4 is 11.9 Å². The van der Waals surface area contributed by atoms with E-state index in [9.17, 15) is 9.18 Å². The summed E-state index contributed by atoms with van der Waals surface area (Å²) in [7, 11) is 0. The Morgan fingerprint density at radius 3 is 2.72 bits per heavy atom. The molecule has 2 heterocycles. The zero-order valence-electron chi connectivity index (χ0n) is 9.25. The van der Waals surface area contributed by atoms with Crippen molar-refractivity contribution in [1.29, 1.82) is 0 Å². The second-order valence-corrected chi connectivity index (χ2v) is 3.78. The summed E-state index contributed by atoms with van der Waals surface area (Å²) in [6.07, 6.45) is 2.40. The Labute approximate surface area is 102 Å². The van der Waals surface area contributed by atoms with Crippen LogP contribution in [0.25, 0.3) is 17.0 Å². The molecule has 0 N–H and O–H groups in total. The van der Waals surface area contributed by atoms with Gasteiger partial charge in [-0.25, -0.2) is 4.39 Å². The minimum Gasteiger partial charge on any atom is -0.298 e. The van der Waals surface area contributed by atoms with E-state index in [0.29, 0.717) is 28.9 Å². The normalized spacial score (nSPS) is 10.7. The van der Waals surface area contributed by atoms with E-state index in [0.717, 1.165) is 0 Å². The van der Waals surface area contributed by atoms with Crippen LogP contribution in [-0.2, 0) is 0 Å². The van der Waals surface area contributed by atoms with E-state index in [1.165, 1.54) is 6.07 Å². The van der Waals surface area contributed by atoms with E-state index in [1.807, 2.05) is 0 Å². The minimum absolute atomic E-state index is 0.355. The zero-order chi connectivity index (χ0) is 12.5. The summed E-state index contributed by atoms with van der Waals surface area (Å²) in [5.74, 6) is 0.00936. The molecule has 0 atom stereocenters. The van der Waals surface area contributed by atoms with Crippen LogP contribution in [0.5, 0.6) is 0 Å². The molecular weight excluding hydrogens is 233 g/mol. The number of hydrogen-bond donors (Lipinski definition) is 0. The molecule has 0 radical (unpaired) electrons. The predicted molar refractivity (Wildman–Crippen MR) is 63.8 cm³/mol. The maximum atomic E-state index is 13.7. The quantitative estimate of drug-likeness (QED) is 0.647. The number of benzene rings is 1. The molecule has 2 aromatic heterocycles. The van der Waals surface area contributed by atoms with Crippen molar-refractivity contribution in [3.8, 4) is 11.4 Å². The second-order valence-electron chi connectivity index (χ2n) is 3.78. The Bertz CT molecular complexity index is 736. The molecule has 88 valence electrons. The molecule has 4 nitrogen and oxygen atoms in total. The van der Waals surface area contributed by atoms with Crippen molar-refractivity contribution in [3.05, 3.63) is 54.0 Å². The first-order valence-electron chi connectivity index (χ1n) is 5.35. The fourth-order valence-corrected chi connectivity index (χ4v) is 1.85. The summed E-state index contributed by atoms with van der Waals surface area (Å²) < 4.78 is 15.3. The lowest BCUT2D eigenvalue weighted by molar-refractivity contribution is 0.112. The van der Waals surface area contributed by atoms with Gasteiger partial charge < -0.3 is 0 Å². The first-order valence-corrected chi connectivity index (χ1v) is 5.35. The van der Waals surface area contributed by atoms with Crippen LogP contribution in [0.15, 0.2) is 42.6 Å². The molecule has 1 aromatic carbocycles. The number of rotatable bonds is 2. The molecule has 0 spiro atoms. The predicted octanol–water partition coefficient (Wildman–Crippen LogP) is 2.35. The Hall–Kier alpha value is -2.56. The molecule has 0 bridgehead atoms. The van der Waals surface area contributed by atoms with Gasteiger partial charge in [0.15, 0.2) is 17.8 Å². The third-order valence-electron chi connectivity index (χ3n) is 2.71. The molecule has 0 aliphatic heterocycles. The van der Waals surface area contributed by atoms with E-state index in [2.05, 4.69) is 10.2 Å². The van der Waals surface area contributed by atoms with Crippen LogP contribution in [0.2, 0.25) is 0 Å². The lowest BCUT2D eigenvalue weighted by atomic mass is 10.2. The van der Waals surface area contributed by atoms with Gasteiger partial charge in [0.2, 0.25) is 0 Å². The summed E-state index contributed by atoms with van der Waals surface area (Å²) in [5, 5.41) is 7.87. The maximum Gasteiger partial charge on any atom is 0.171 e. The van der Waals surface area contributed by atoms with Gasteiger partial charge in [0.1, 0.15) is 5.82 Å². The zero-order valence-corrected chi connectivity index (χ0v) is 9.25. The van der Waals surface area contributed by atoms with Gasteiger partial charge >= 0.3 is 0 Å². The Morgan fingerprint density at radius 1 is 1.11 bits per heavy atom. The fraction of sp³-hybridized carbons (Fsp3) is 0. The molecule has 0 amide bonds. The van der Waals surface area contributed by atoms with E-state index in [-0.39, 0.29) is 5.82 Å². The fourth-order valence-electron chi connectivity index (χ4n) is 1.85. The van der Waals surface area contributed by atoms with E-state index in [1.54, 1.807) is 40.9 Å². The van der Waals surface area contributed by atoms with Crippen molar-refractivity contribution in [2.75, 3.05) is 0 Å². The van der Waals surface area contributed by atoms with Crippen molar-refractivity contribution in [2.24, 2.45) is 0 Å². The molecule has 3 aromatic rings. The number of aldehydes is 1. The van der Waals surface area contributed by atoms with Gasteiger partial charge in [-0.15, -0.1) is 10.2 Å². The highest BCUT2D eigenvalue weighted by Gasteiger charge is 2.13. The van der Waals surface area contributed by atoms with Gasteiger partial charge in [0, 0.05) is 6.20 Å². The number of halogens is 1. The molecule has 0 unspecified atom stereocenters. The van der Waals surface area contributed by atoms with Crippen LogP contribution in [0.3, 0.4) is 0 Å². The van der Waals surface area contributed by atoms with E-state index < -0.39 is 0 Å². The molecule has 18 heavy (non-hydrogen) atoms. The summed E-state index contributed by atoms with van der Waals surface area (Å²) in [4.78, 5) is 10.9. The molecule has 0 saturated heterocycles. The Morgan fingerprint density at radius 2 is 1.94 bits per heavy atom. The van der Waals surface area contributed by atoms with Crippen LogP contribution in [0.4, 0.5) is 4.39 Å². The highest BCUT2D eigenvalue weighted by molar-refractivity contribution is 5.84. The van der Waals surface area contributed by atoms with E-state index in [4.69, 9.17) is 0 Å². The number of pyridine rings is 1. The maximum absolute atomic E-state index is 13.7. The number of hydrogen-bond acceptors (Lipinski definition) is 3. The largest absolute Gasteiger partial charge is 0.298 e. The molecule has 3 rings (SSSR count). The van der Waals surface area contributed by atoms with Crippen LogP contribution in [-0.4, -0.2) is 20.9 Å². The lowest BCUT2D eigenvalue weighted by Gasteiger charge is -2.01. The van der Waals surface area contributed by atoms with Crippen LogP contribution < -0.4 is 0 Å². The number of nitrogens with zero attached hydrogens (tertiary/aromatic N) is 3. The van der Waals surface area contributed by atoms with Crippen molar-refractivity contribution < 1.29 is 9.18 Å². The average Bonchev–Trinajstić information content (AvgIpc) is 2.83. The Kier molecular flexibility index (Phi) is 2.37. The highest BCUT2D eigenvalue weighted by Crippen LogP contribution is 2.21. The molecule has 0 saturated carbocycles. The lowest BCUT2D eigenvalue weighted by Crippen LogP contribution is -1.93. The molecule has 0 aliphatic carbocycles. The SMILES string of the molecule is O=Cc1cccn2c(-c3ccccc3F)nnc12. The molecular formula is C13H8FN3O. The highest BCUT2D eigenvalue weighted by atomic mass is 19.1. The Balaban J connectivity index is 2.32. The van der Waals surface area contributed by atoms with Crippen molar-refractivity contribution in [2.45, 2.75) is 0 Å². The first kappa shape index (κ1) is 10.6. The number of aromatic nitrogens is 3. The summed E-state index contributed by atoms with van der Waals surface area (Å²) in [6, 6.07) is 9.66. The summed E-state index contributed by atoms with van der Waals surface area (Å²) in [5.41, 5.74) is 1.20. The standard InChI is InChI=1S/C13H8FN3O/c14-11-6-2-1-5-10(11)13-16-15-12-9(8-18)4-3-7-17(12)13/h1-8H. The molecule has 0 aliphatic rings. The minimum atomic E-state index is -0.372. The number of carbonyl (C=O) groups is 1. The van der Waals surface area contributed by atoms with Gasteiger partial charge in [-0.1, -0.05) is 12.1 Å². The number of fused-ring (bicyclic) bond motifs is 1. The number of carbonyl (C=O) groups excluding carboxylic acids is 1. The monoisotopic (exact) mass is 241 g/mol.